The fourth-order valence-corrected chi connectivity index (χ4v) is 3.29. The maximum absolute atomic E-state index is 3.73. The molecule has 16 heavy (non-hydrogen) atoms. The molecule has 0 heterocycles. The second-order valence-electron chi connectivity index (χ2n) is 5.37. The molecule has 1 saturated carbocycles. The van der Waals surface area contributed by atoms with Gasteiger partial charge in [-0.25, -0.2) is 0 Å². The molecule has 0 radical (unpaired) electrons. The van der Waals surface area contributed by atoms with Gasteiger partial charge in [0.05, 0.1) is 0 Å². The molecule has 0 amide bonds. The maximum atomic E-state index is 3.73. The van der Waals surface area contributed by atoms with Gasteiger partial charge in [-0.05, 0) is 32.4 Å². The molecule has 0 aromatic carbocycles. The second kappa shape index (κ2) is 7.60. The van der Waals surface area contributed by atoms with E-state index in [4.69, 9.17) is 0 Å². The third-order valence-electron chi connectivity index (χ3n) is 3.96. The Hall–Kier alpha value is 0.310. The predicted octanol–water partition coefficient (Wildman–Crippen LogP) is 4.22. The third-order valence-corrected chi connectivity index (χ3v) is 5.38. The average Bonchev–Trinajstić information content (AvgIpc) is 2.24. The molecular formula is C14H29NS. The lowest BCUT2D eigenvalue weighted by molar-refractivity contribution is 0.327. The van der Waals surface area contributed by atoms with Crippen molar-refractivity contribution in [3.8, 4) is 0 Å². The lowest BCUT2D eigenvalue weighted by Gasteiger charge is -2.41. The number of nitrogens with one attached hydrogen (secondary N) is 1. The molecule has 0 saturated heterocycles. The van der Waals surface area contributed by atoms with Crippen molar-refractivity contribution < 1.29 is 0 Å². The van der Waals surface area contributed by atoms with Crippen LogP contribution in [-0.2, 0) is 0 Å². The Balaban J connectivity index is 2.03. The van der Waals surface area contributed by atoms with Gasteiger partial charge in [0, 0.05) is 17.3 Å². The van der Waals surface area contributed by atoms with Crippen LogP contribution in [0.2, 0.25) is 0 Å². The zero-order valence-corrected chi connectivity index (χ0v) is 12.2. The Labute approximate surface area is 106 Å². The van der Waals surface area contributed by atoms with E-state index in [1.165, 1.54) is 57.9 Å². The predicted molar refractivity (Wildman–Crippen MR) is 76.3 cm³/mol. The number of thioether (sulfide) groups is 1. The third kappa shape index (κ3) is 4.67. The van der Waals surface area contributed by atoms with Crippen LogP contribution in [0.1, 0.15) is 65.2 Å². The van der Waals surface area contributed by atoms with Crippen molar-refractivity contribution in [1.29, 1.82) is 0 Å². The Bertz CT molecular complexity index is 172. The molecule has 1 fully saturated rings. The van der Waals surface area contributed by atoms with Crippen molar-refractivity contribution in [3.05, 3.63) is 0 Å². The Morgan fingerprint density at radius 2 is 2.00 bits per heavy atom. The van der Waals surface area contributed by atoms with Gasteiger partial charge < -0.3 is 5.32 Å². The molecule has 0 bridgehead atoms. The molecule has 1 rings (SSSR count). The van der Waals surface area contributed by atoms with Crippen molar-refractivity contribution >= 4 is 11.8 Å². The summed E-state index contributed by atoms with van der Waals surface area (Å²) in [6, 6.07) is 0.710. The molecule has 0 aliphatic heterocycles. The van der Waals surface area contributed by atoms with E-state index >= 15 is 0 Å². The van der Waals surface area contributed by atoms with E-state index < -0.39 is 0 Å². The van der Waals surface area contributed by atoms with E-state index in [-0.39, 0.29) is 0 Å². The van der Waals surface area contributed by atoms with Crippen molar-refractivity contribution in [2.45, 2.75) is 76.0 Å². The summed E-state index contributed by atoms with van der Waals surface area (Å²) >= 11 is 2.07. The second-order valence-corrected chi connectivity index (χ2v) is 6.65. The first-order valence-electron chi connectivity index (χ1n) is 7.01. The van der Waals surface area contributed by atoms with Crippen molar-refractivity contribution in [2.24, 2.45) is 0 Å². The number of rotatable bonds is 9. The summed E-state index contributed by atoms with van der Waals surface area (Å²) in [6.07, 6.45) is 13.5. The van der Waals surface area contributed by atoms with E-state index in [1.807, 2.05) is 0 Å². The molecule has 0 aromatic heterocycles. The van der Waals surface area contributed by atoms with E-state index in [0.29, 0.717) is 10.8 Å². The molecule has 96 valence electrons. The summed E-state index contributed by atoms with van der Waals surface area (Å²) in [7, 11) is 0. The summed E-state index contributed by atoms with van der Waals surface area (Å²) < 4.78 is 0.595. The van der Waals surface area contributed by atoms with E-state index in [2.05, 4.69) is 37.2 Å². The van der Waals surface area contributed by atoms with Gasteiger partial charge in [-0.3, -0.25) is 0 Å². The molecule has 1 nitrogen and oxygen atoms in total. The van der Waals surface area contributed by atoms with Gasteiger partial charge in [0.1, 0.15) is 0 Å². The fraction of sp³-hybridized carbons (Fsp3) is 1.00. The lowest BCUT2D eigenvalue weighted by Crippen LogP contribution is -2.45. The highest BCUT2D eigenvalue weighted by Crippen LogP contribution is 2.42. The molecule has 0 aromatic rings. The van der Waals surface area contributed by atoms with Crippen LogP contribution < -0.4 is 5.32 Å². The van der Waals surface area contributed by atoms with E-state index in [9.17, 15) is 0 Å². The summed E-state index contributed by atoms with van der Waals surface area (Å²) in [6.45, 7) is 5.85. The van der Waals surface area contributed by atoms with Gasteiger partial charge in [-0.15, -0.1) is 0 Å². The zero-order valence-electron chi connectivity index (χ0n) is 11.3. The highest BCUT2D eigenvalue weighted by molar-refractivity contribution is 8.00. The van der Waals surface area contributed by atoms with Crippen LogP contribution >= 0.6 is 11.8 Å². The van der Waals surface area contributed by atoms with Crippen molar-refractivity contribution in [1.82, 2.24) is 5.32 Å². The topological polar surface area (TPSA) is 12.0 Å². The van der Waals surface area contributed by atoms with Crippen LogP contribution in [0.5, 0.6) is 0 Å². The van der Waals surface area contributed by atoms with E-state index in [0.717, 1.165) is 0 Å². The van der Waals surface area contributed by atoms with Gasteiger partial charge >= 0.3 is 0 Å². The fourth-order valence-electron chi connectivity index (χ4n) is 2.36. The van der Waals surface area contributed by atoms with Crippen LogP contribution in [0.25, 0.3) is 0 Å². The average molecular weight is 243 g/mol. The van der Waals surface area contributed by atoms with Gasteiger partial charge in [-0.2, -0.15) is 11.8 Å². The SMILES string of the molecule is CCCCCCC(C)NCC1(SC)CCC1. The van der Waals surface area contributed by atoms with Crippen molar-refractivity contribution in [3.63, 3.8) is 0 Å². The summed E-state index contributed by atoms with van der Waals surface area (Å²) in [5.74, 6) is 0. The molecule has 1 aliphatic carbocycles. The summed E-state index contributed by atoms with van der Waals surface area (Å²) in [5, 5.41) is 3.73. The number of hydrogen-bond donors (Lipinski definition) is 1. The molecule has 0 spiro atoms. The van der Waals surface area contributed by atoms with Crippen molar-refractivity contribution in [2.75, 3.05) is 12.8 Å². The van der Waals surface area contributed by atoms with Crippen LogP contribution in [0, 0.1) is 0 Å². The molecule has 1 unspecified atom stereocenters. The Morgan fingerprint density at radius 1 is 1.25 bits per heavy atom. The van der Waals surface area contributed by atoms with E-state index in [1.54, 1.807) is 0 Å². The van der Waals surface area contributed by atoms with Crippen LogP contribution in [0.15, 0.2) is 0 Å². The molecule has 2 heteroatoms. The zero-order chi connectivity index (χ0) is 11.9. The molecular weight excluding hydrogens is 214 g/mol. The van der Waals surface area contributed by atoms with Crippen LogP contribution in [0.3, 0.4) is 0 Å². The largest absolute Gasteiger partial charge is 0.313 e. The summed E-state index contributed by atoms with van der Waals surface area (Å²) in [5.41, 5.74) is 0. The Kier molecular flexibility index (Phi) is 6.83. The highest BCUT2D eigenvalue weighted by atomic mass is 32.2. The number of unbranched alkanes of at least 4 members (excludes halogenated alkanes) is 3. The van der Waals surface area contributed by atoms with Gasteiger partial charge in [0.2, 0.25) is 0 Å². The van der Waals surface area contributed by atoms with Gasteiger partial charge in [-0.1, -0.05) is 39.0 Å². The minimum Gasteiger partial charge on any atom is -0.313 e. The summed E-state index contributed by atoms with van der Waals surface area (Å²) in [4.78, 5) is 0. The monoisotopic (exact) mass is 243 g/mol. The minimum atomic E-state index is 0.595. The van der Waals surface area contributed by atoms with Crippen LogP contribution in [-0.4, -0.2) is 23.6 Å². The molecule has 1 N–H and O–H groups in total. The first kappa shape index (κ1) is 14.4. The smallest absolute Gasteiger partial charge is 0.0281 e. The lowest BCUT2D eigenvalue weighted by atomic mass is 9.84. The normalized spacial score (nSPS) is 20.4. The highest BCUT2D eigenvalue weighted by Gasteiger charge is 2.35. The molecule has 1 atom stereocenters. The Morgan fingerprint density at radius 3 is 2.50 bits per heavy atom. The number of hydrogen-bond acceptors (Lipinski definition) is 2. The quantitative estimate of drug-likeness (QED) is 0.609. The van der Waals surface area contributed by atoms with Gasteiger partial charge in [0.15, 0.2) is 0 Å². The van der Waals surface area contributed by atoms with Gasteiger partial charge in [0.25, 0.3) is 0 Å². The first-order chi connectivity index (χ1) is 7.72. The maximum Gasteiger partial charge on any atom is 0.0281 e. The molecule has 1 aliphatic rings. The van der Waals surface area contributed by atoms with Crippen LogP contribution in [0.4, 0.5) is 0 Å². The standard InChI is InChI=1S/C14H29NS/c1-4-5-6-7-9-13(2)15-12-14(16-3)10-8-11-14/h13,15H,4-12H2,1-3H3. The minimum absolute atomic E-state index is 0.595. The first-order valence-corrected chi connectivity index (χ1v) is 8.23.